The van der Waals surface area contributed by atoms with Crippen LogP contribution in [0.4, 0.5) is 5.13 Å². The number of anilines is 1. The van der Waals surface area contributed by atoms with E-state index in [1.165, 1.54) is 11.3 Å². The molecule has 1 aliphatic heterocycles. The van der Waals surface area contributed by atoms with Gasteiger partial charge in [0.25, 0.3) is 5.91 Å². The van der Waals surface area contributed by atoms with Crippen molar-refractivity contribution in [3.8, 4) is 0 Å². The van der Waals surface area contributed by atoms with Crippen molar-refractivity contribution in [2.24, 2.45) is 0 Å². The third-order valence-corrected chi connectivity index (χ3v) is 6.44. The third-order valence-electron chi connectivity index (χ3n) is 4.56. The Bertz CT molecular complexity index is 1030. The number of nitrogens with zero attached hydrogens (tertiary/aromatic N) is 2. The van der Waals surface area contributed by atoms with Gasteiger partial charge in [0.15, 0.2) is 5.13 Å². The molecule has 0 bridgehead atoms. The number of hydrogen-bond donors (Lipinski definition) is 0. The molecule has 1 unspecified atom stereocenters. The minimum atomic E-state index is -0.131. The maximum atomic E-state index is 13.1. The lowest BCUT2D eigenvalue weighted by Crippen LogP contribution is -2.36. The van der Waals surface area contributed by atoms with Crippen molar-refractivity contribution in [3.05, 3.63) is 63.6 Å². The van der Waals surface area contributed by atoms with E-state index in [0.29, 0.717) is 16.7 Å². The second-order valence-electron chi connectivity index (χ2n) is 6.55. The Morgan fingerprint density at radius 3 is 3.00 bits per heavy atom. The van der Waals surface area contributed by atoms with E-state index in [4.69, 9.17) is 16.3 Å². The van der Waals surface area contributed by atoms with Crippen LogP contribution in [0.2, 0.25) is 5.02 Å². The molecule has 28 heavy (non-hydrogen) atoms. The standard InChI is InChI=1S/C21H18BrClN2O2S/c22-15-8-9-18-19(12-15)28-21(24-18)25(13-16-5-3-11-27-16)20(26)10-7-14-4-1-2-6-17(14)23/h1-2,4,6-10,12,16H,3,5,11,13H2/b10-7+. The van der Waals surface area contributed by atoms with E-state index in [2.05, 4.69) is 20.9 Å². The highest BCUT2D eigenvalue weighted by Gasteiger charge is 2.25. The average molecular weight is 478 g/mol. The quantitative estimate of drug-likeness (QED) is 0.427. The first-order valence-corrected chi connectivity index (χ1v) is 11.0. The van der Waals surface area contributed by atoms with Gasteiger partial charge in [-0.2, -0.15) is 0 Å². The van der Waals surface area contributed by atoms with Crippen LogP contribution in [-0.4, -0.2) is 30.1 Å². The Labute approximate surface area is 180 Å². The zero-order valence-corrected chi connectivity index (χ0v) is 18.1. The minimum Gasteiger partial charge on any atom is -0.376 e. The summed E-state index contributed by atoms with van der Waals surface area (Å²) in [5.74, 6) is -0.131. The summed E-state index contributed by atoms with van der Waals surface area (Å²) in [6.07, 6.45) is 5.31. The van der Waals surface area contributed by atoms with Crippen molar-refractivity contribution in [2.45, 2.75) is 18.9 Å². The van der Waals surface area contributed by atoms with Crippen LogP contribution in [0.5, 0.6) is 0 Å². The first-order valence-electron chi connectivity index (χ1n) is 9.02. The minimum absolute atomic E-state index is 0.0383. The summed E-state index contributed by atoms with van der Waals surface area (Å²) in [5, 5.41) is 1.29. The molecular weight excluding hydrogens is 460 g/mol. The lowest BCUT2D eigenvalue weighted by molar-refractivity contribution is -0.114. The molecule has 2 aromatic carbocycles. The van der Waals surface area contributed by atoms with Gasteiger partial charge in [-0.3, -0.25) is 9.69 Å². The summed E-state index contributed by atoms with van der Waals surface area (Å²) in [5.41, 5.74) is 1.69. The van der Waals surface area contributed by atoms with Gasteiger partial charge >= 0.3 is 0 Å². The lowest BCUT2D eigenvalue weighted by atomic mass is 10.2. The predicted octanol–water partition coefficient (Wildman–Crippen LogP) is 5.94. The Balaban J connectivity index is 1.63. The molecule has 3 aromatic rings. The fourth-order valence-corrected chi connectivity index (χ4v) is 4.85. The van der Waals surface area contributed by atoms with Crippen molar-refractivity contribution in [2.75, 3.05) is 18.1 Å². The molecule has 1 aliphatic rings. The monoisotopic (exact) mass is 476 g/mol. The molecule has 1 fully saturated rings. The van der Waals surface area contributed by atoms with Crippen LogP contribution in [0.15, 0.2) is 53.0 Å². The van der Waals surface area contributed by atoms with E-state index in [-0.39, 0.29) is 12.0 Å². The number of thiazole rings is 1. The second kappa shape index (κ2) is 8.74. The van der Waals surface area contributed by atoms with E-state index in [1.54, 1.807) is 23.1 Å². The van der Waals surface area contributed by atoms with Crippen LogP contribution in [-0.2, 0) is 9.53 Å². The number of ether oxygens (including phenoxy) is 1. The fraction of sp³-hybridized carbons (Fsp3) is 0.238. The highest BCUT2D eigenvalue weighted by atomic mass is 79.9. The van der Waals surface area contributed by atoms with Crippen molar-refractivity contribution in [1.29, 1.82) is 0 Å². The molecule has 1 saturated heterocycles. The van der Waals surface area contributed by atoms with Gasteiger partial charge in [-0.05, 0) is 48.7 Å². The summed E-state index contributed by atoms with van der Waals surface area (Å²) in [7, 11) is 0. The van der Waals surface area contributed by atoms with Gasteiger partial charge in [-0.25, -0.2) is 4.98 Å². The number of fused-ring (bicyclic) bond motifs is 1. The van der Waals surface area contributed by atoms with E-state index in [1.807, 2.05) is 36.4 Å². The number of aromatic nitrogens is 1. The first-order chi connectivity index (χ1) is 13.6. The van der Waals surface area contributed by atoms with E-state index in [0.717, 1.165) is 39.7 Å². The number of halogens is 2. The first kappa shape index (κ1) is 19.6. The van der Waals surface area contributed by atoms with Gasteiger partial charge in [0, 0.05) is 22.2 Å². The molecular formula is C21H18BrClN2O2S. The number of benzene rings is 2. The van der Waals surface area contributed by atoms with Gasteiger partial charge < -0.3 is 4.74 Å². The largest absolute Gasteiger partial charge is 0.376 e. The highest BCUT2D eigenvalue weighted by Crippen LogP contribution is 2.32. The molecule has 0 radical (unpaired) electrons. The Kier molecular flexibility index (Phi) is 6.11. The molecule has 0 N–H and O–H groups in total. The molecule has 4 rings (SSSR count). The summed E-state index contributed by atoms with van der Waals surface area (Å²) in [6.45, 7) is 1.24. The molecule has 144 valence electrons. The Hall–Kier alpha value is -1.73. The molecule has 1 atom stereocenters. The van der Waals surface area contributed by atoms with Crippen LogP contribution in [0.25, 0.3) is 16.3 Å². The number of hydrogen-bond acceptors (Lipinski definition) is 4. The second-order valence-corrected chi connectivity index (χ2v) is 8.88. The Morgan fingerprint density at radius 1 is 1.36 bits per heavy atom. The number of amides is 1. The number of carbonyl (C=O) groups excluding carboxylic acids is 1. The summed E-state index contributed by atoms with van der Waals surface area (Å²) < 4.78 is 7.78. The molecule has 7 heteroatoms. The summed E-state index contributed by atoms with van der Waals surface area (Å²) in [4.78, 5) is 19.4. The SMILES string of the molecule is O=C(/C=C/c1ccccc1Cl)N(CC1CCCO1)c1nc2ccc(Br)cc2s1. The van der Waals surface area contributed by atoms with E-state index in [9.17, 15) is 4.79 Å². The zero-order chi connectivity index (χ0) is 19.5. The van der Waals surface area contributed by atoms with Gasteiger partial charge in [-0.15, -0.1) is 0 Å². The maximum Gasteiger partial charge on any atom is 0.252 e. The van der Waals surface area contributed by atoms with Gasteiger partial charge in [0.1, 0.15) is 0 Å². The van der Waals surface area contributed by atoms with Gasteiger partial charge in [0.05, 0.1) is 22.9 Å². The van der Waals surface area contributed by atoms with Crippen molar-refractivity contribution in [1.82, 2.24) is 4.98 Å². The van der Waals surface area contributed by atoms with Crippen LogP contribution < -0.4 is 4.90 Å². The number of carbonyl (C=O) groups is 1. The normalized spacial score (nSPS) is 16.9. The van der Waals surface area contributed by atoms with Crippen molar-refractivity contribution in [3.63, 3.8) is 0 Å². The zero-order valence-electron chi connectivity index (χ0n) is 15.0. The lowest BCUT2D eigenvalue weighted by Gasteiger charge is -2.21. The highest BCUT2D eigenvalue weighted by molar-refractivity contribution is 9.10. The van der Waals surface area contributed by atoms with Gasteiger partial charge in [-0.1, -0.05) is 57.1 Å². The third kappa shape index (κ3) is 4.46. The van der Waals surface area contributed by atoms with Crippen LogP contribution in [0.1, 0.15) is 18.4 Å². The molecule has 1 aromatic heterocycles. The van der Waals surface area contributed by atoms with Gasteiger partial charge in [0.2, 0.25) is 0 Å². The van der Waals surface area contributed by atoms with E-state index >= 15 is 0 Å². The fourth-order valence-electron chi connectivity index (χ4n) is 3.12. The molecule has 0 saturated carbocycles. The molecule has 0 aliphatic carbocycles. The molecule has 1 amide bonds. The maximum absolute atomic E-state index is 13.1. The molecule has 2 heterocycles. The van der Waals surface area contributed by atoms with E-state index < -0.39 is 0 Å². The molecule has 0 spiro atoms. The Morgan fingerprint density at radius 2 is 2.21 bits per heavy atom. The van der Waals surface area contributed by atoms with Crippen molar-refractivity contribution < 1.29 is 9.53 Å². The predicted molar refractivity (Wildman–Crippen MR) is 119 cm³/mol. The topological polar surface area (TPSA) is 42.4 Å². The summed E-state index contributed by atoms with van der Waals surface area (Å²) in [6, 6.07) is 13.4. The number of rotatable bonds is 5. The van der Waals surface area contributed by atoms with Crippen molar-refractivity contribution >= 4 is 66.2 Å². The van der Waals surface area contributed by atoms with Crippen LogP contribution in [0, 0.1) is 0 Å². The smallest absolute Gasteiger partial charge is 0.252 e. The van der Waals surface area contributed by atoms with Crippen LogP contribution in [0.3, 0.4) is 0 Å². The average Bonchev–Trinajstić information content (AvgIpc) is 3.34. The summed E-state index contributed by atoms with van der Waals surface area (Å²) >= 11 is 11.2. The molecule has 4 nitrogen and oxygen atoms in total. The van der Waals surface area contributed by atoms with Crippen LogP contribution >= 0.6 is 38.9 Å².